The number of carbonyl (C=O) groups excluding carboxylic acids is 1. The number of carbonyl (C=O) groups is 1. The molecule has 1 N–H and O–H groups in total. The first-order valence-corrected chi connectivity index (χ1v) is 7.39. The van der Waals surface area contributed by atoms with Gasteiger partial charge in [0.25, 0.3) is 11.6 Å². The highest BCUT2D eigenvalue weighted by Gasteiger charge is 2.19. The lowest BCUT2D eigenvalue weighted by molar-refractivity contribution is -0.384. The van der Waals surface area contributed by atoms with Crippen LogP contribution in [0.4, 0.5) is 17.1 Å². The number of nitrogens with zero attached hydrogens (tertiary/aromatic N) is 3. The molecule has 2 aromatic carbocycles. The topological polar surface area (TPSA) is 99.3 Å². The smallest absolute Gasteiger partial charge is 0.293 e. The number of hydrogen-bond donors (Lipinski definition) is 1. The van der Waals surface area contributed by atoms with E-state index < -0.39 is 10.8 Å². The third kappa shape index (κ3) is 4.00. The van der Waals surface area contributed by atoms with E-state index in [1.54, 1.807) is 30.1 Å². The van der Waals surface area contributed by atoms with E-state index in [4.69, 9.17) is 5.26 Å². The number of nitro groups is 1. The minimum atomic E-state index is -0.546. The third-order valence-corrected chi connectivity index (χ3v) is 3.60. The molecular formula is C18H16N4O3. The minimum Gasteiger partial charge on any atom is -0.354 e. The zero-order valence-electron chi connectivity index (χ0n) is 13.8. The van der Waals surface area contributed by atoms with Crippen LogP contribution < -0.4 is 10.2 Å². The summed E-state index contributed by atoms with van der Waals surface area (Å²) in [5, 5.41) is 22.9. The highest BCUT2D eigenvalue weighted by Crippen LogP contribution is 2.33. The summed E-state index contributed by atoms with van der Waals surface area (Å²) in [6.07, 6.45) is 1.32. The number of hydrogen-bond acceptors (Lipinski definition) is 5. The van der Waals surface area contributed by atoms with Crippen LogP contribution in [0.25, 0.3) is 6.08 Å². The van der Waals surface area contributed by atoms with E-state index in [1.165, 1.54) is 19.2 Å². The van der Waals surface area contributed by atoms with Gasteiger partial charge < -0.3 is 10.2 Å². The van der Waals surface area contributed by atoms with Crippen LogP contribution in [0.1, 0.15) is 5.56 Å². The summed E-state index contributed by atoms with van der Waals surface area (Å²) in [6.45, 7) is 0. The van der Waals surface area contributed by atoms with Crippen molar-refractivity contribution < 1.29 is 9.72 Å². The van der Waals surface area contributed by atoms with Gasteiger partial charge in [-0.15, -0.1) is 0 Å². The molecule has 2 rings (SSSR count). The molecule has 126 valence electrons. The molecule has 0 saturated carbocycles. The van der Waals surface area contributed by atoms with Crippen molar-refractivity contribution in [2.24, 2.45) is 0 Å². The molecule has 0 bridgehead atoms. The number of benzene rings is 2. The molecule has 7 heteroatoms. The van der Waals surface area contributed by atoms with Crippen molar-refractivity contribution in [3.63, 3.8) is 0 Å². The molecule has 0 aliphatic carbocycles. The molecule has 0 spiro atoms. The Hall–Kier alpha value is -3.66. The fourth-order valence-corrected chi connectivity index (χ4v) is 2.30. The van der Waals surface area contributed by atoms with E-state index in [1.807, 2.05) is 30.3 Å². The minimum absolute atomic E-state index is 0.116. The molecule has 0 aliphatic rings. The van der Waals surface area contributed by atoms with Gasteiger partial charge in [0.2, 0.25) is 0 Å². The lowest BCUT2D eigenvalue weighted by atomic mass is 10.1. The van der Waals surface area contributed by atoms with Gasteiger partial charge in [-0.2, -0.15) is 5.26 Å². The van der Waals surface area contributed by atoms with Crippen LogP contribution in [0, 0.1) is 21.4 Å². The Kier molecular flexibility index (Phi) is 5.48. The molecule has 0 heterocycles. The Labute approximate surface area is 145 Å². The standard InChI is InChI=1S/C18H16N4O3/c1-20-18(23)14(12-19)10-13-8-9-16(17(11-13)22(24)25)21(2)15-6-4-3-5-7-15/h3-11H,1-2H3,(H,20,23)/b14-10+. The first-order chi connectivity index (χ1) is 12.0. The van der Waals surface area contributed by atoms with E-state index in [2.05, 4.69) is 5.32 Å². The van der Waals surface area contributed by atoms with Gasteiger partial charge >= 0.3 is 0 Å². The maximum Gasteiger partial charge on any atom is 0.293 e. The van der Waals surface area contributed by atoms with Crippen molar-refractivity contribution in [1.82, 2.24) is 5.32 Å². The first kappa shape index (κ1) is 17.7. The molecule has 7 nitrogen and oxygen atoms in total. The summed E-state index contributed by atoms with van der Waals surface area (Å²) in [5.41, 5.74) is 1.37. The second kappa shape index (κ2) is 7.75. The molecule has 1 amide bonds. The van der Waals surface area contributed by atoms with Gasteiger partial charge in [-0.05, 0) is 29.8 Å². The zero-order valence-corrected chi connectivity index (χ0v) is 13.8. The summed E-state index contributed by atoms with van der Waals surface area (Å²) in [4.78, 5) is 24.3. The van der Waals surface area contributed by atoms with E-state index >= 15 is 0 Å². The Balaban J connectivity index is 2.49. The molecule has 0 aliphatic heterocycles. The van der Waals surface area contributed by atoms with Crippen molar-refractivity contribution in [3.8, 4) is 6.07 Å². The molecule has 25 heavy (non-hydrogen) atoms. The Bertz CT molecular complexity index is 870. The number of amides is 1. The average Bonchev–Trinajstić information content (AvgIpc) is 2.65. The van der Waals surface area contributed by atoms with Gasteiger partial charge in [-0.25, -0.2) is 0 Å². The van der Waals surface area contributed by atoms with Crippen LogP contribution in [0.5, 0.6) is 0 Å². The van der Waals surface area contributed by atoms with Crippen molar-refractivity contribution in [1.29, 1.82) is 5.26 Å². The lowest BCUT2D eigenvalue weighted by Crippen LogP contribution is -2.19. The van der Waals surface area contributed by atoms with E-state index in [0.29, 0.717) is 11.3 Å². The first-order valence-electron chi connectivity index (χ1n) is 7.39. The van der Waals surface area contributed by atoms with E-state index in [0.717, 1.165) is 5.69 Å². The normalized spacial score (nSPS) is 10.7. The predicted octanol–water partition coefficient (Wildman–Crippen LogP) is 3.02. The molecule has 0 aromatic heterocycles. The summed E-state index contributed by atoms with van der Waals surface area (Å²) < 4.78 is 0. The number of para-hydroxylation sites is 1. The van der Waals surface area contributed by atoms with Crippen LogP contribution in [-0.4, -0.2) is 24.9 Å². The zero-order chi connectivity index (χ0) is 18.4. The highest BCUT2D eigenvalue weighted by molar-refractivity contribution is 6.01. The summed E-state index contributed by atoms with van der Waals surface area (Å²) in [5.74, 6) is -0.546. The number of rotatable bonds is 5. The van der Waals surface area contributed by atoms with Crippen molar-refractivity contribution >= 4 is 29.0 Å². The van der Waals surface area contributed by atoms with Gasteiger partial charge in [0.1, 0.15) is 17.3 Å². The van der Waals surface area contributed by atoms with Crippen LogP contribution in [-0.2, 0) is 4.79 Å². The van der Waals surface area contributed by atoms with Gasteiger partial charge in [-0.3, -0.25) is 14.9 Å². The van der Waals surface area contributed by atoms with Crippen molar-refractivity contribution in [3.05, 3.63) is 69.8 Å². The summed E-state index contributed by atoms with van der Waals surface area (Å²) >= 11 is 0. The van der Waals surface area contributed by atoms with Crippen molar-refractivity contribution in [2.45, 2.75) is 0 Å². The van der Waals surface area contributed by atoms with Gasteiger partial charge in [-0.1, -0.05) is 24.3 Å². The largest absolute Gasteiger partial charge is 0.354 e. The fraction of sp³-hybridized carbons (Fsp3) is 0.111. The molecule has 0 fully saturated rings. The van der Waals surface area contributed by atoms with Gasteiger partial charge in [0.05, 0.1) is 4.92 Å². The molecule has 0 atom stereocenters. The monoisotopic (exact) mass is 336 g/mol. The third-order valence-electron chi connectivity index (χ3n) is 3.60. The predicted molar refractivity (Wildman–Crippen MR) is 95.3 cm³/mol. The fourth-order valence-electron chi connectivity index (χ4n) is 2.30. The number of nitriles is 1. The number of nitrogens with one attached hydrogen (secondary N) is 1. The number of nitro benzene ring substituents is 1. The van der Waals surface area contributed by atoms with Crippen LogP contribution in [0.15, 0.2) is 54.1 Å². The number of anilines is 2. The maximum absolute atomic E-state index is 11.6. The average molecular weight is 336 g/mol. The van der Waals surface area contributed by atoms with Crippen LogP contribution in [0.2, 0.25) is 0 Å². The maximum atomic E-state index is 11.6. The molecule has 2 aromatic rings. The SMILES string of the molecule is CNC(=O)/C(C#N)=C/c1ccc(N(C)c2ccccc2)c([N+](=O)[O-])c1. The summed E-state index contributed by atoms with van der Waals surface area (Å²) in [7, 11) is 3.15. The second-order valence-corrected chi connectivity index (χ2v) is 5.15. The van der Waals surface area contributed by atoms with Gasteiger partial charge in [0.15, 0.2) is 0 Å². The second-order valence-electron chi connectivity index (χ2n) is 5.15. The molecule has 0 saturated heterocycles. The molecule has 0 unspecified atom stereocenters. The number of likely N-dealkylation sites (N-methyl/N-ethyl adjacent to an activating group) is 1. The Morgan fingerprint density at radius 3 is 2.52 bits per heavy atom. The highest BCUT2D eigenvalue weighted by atomic mass is 16.6. The Morgan fingerprint density at radius 1 is 1.28 bits per heavy atom. The quantitative estimate of drug-likeness (QED) is 0.391. The lowest BCUT2D eigenvalue weighted by Gasteiger charge is -2.19. The van der Waals surface area contributed by atoms with E-state index in [-0.39, 0.29) is 11.3 Å². The van der Waals surface area contributed by atoms with Crippen LogP contribution in [0.3, 0.4) is 0 Å². The van der Waals surface area contributed by atoms with Crippen LogP contribution >= 0.6 is 0 Å². The van der Waals surface area contributed by atoms with Gasteiger partial charge in [0, 0.05) is 25.8 Å². The summed E-state index contributed by atoms with van der Waals surface area (Å²) in [6, 6.07) is 15.6. The molecular weight excluding hydrogens is 320 g/mol. The molecule has 0 radical (unpaired) electrons. The van der Waals surface area contributed by atoms with E-state index in [9.17, 15) is 14.9 Å². The Morgan fingerprint density at radius 2 is 1.96 bits per heavy atom. The van der Waals surface area contributed by atoms with Crippen molar-refractivity contribution in [2.75, 3.05) is 19.0 Å².